The Morgan fingerprint density at radius 2 is 1.81 bits per heavy atom. The first-order valence-electron chi connectivity index (χ1n) is 8.70. The zero-order valence-corrected chi connectivity index (χ0v) is 15.0. The van der Waals surface area contributed by atoms with Gasteiger partial charge in [-0.25, -0.2) is 4.79 Å². The molecule has 2 aromatic carbocycles. The second-order valence-corrected chi connectivity index (χ2v) is 6.10. The quantitative estimate of drug-likeness (QED) is 0.597. The highest BCUT2D eigenvalue weighted by molar-refractivity contribution is 5.98. The number of nitrogens with one attached hydrogen (secondary N) is 2. The van der Waals surface area contributed by atoms with Crippen molar-refractivity contribution in [2.24, 2.45) is 0 Å². The number of amides is 1. The maximum Gasteiger partial charge on any atom is 0.326 e. The zero-order chi connectivity index (χ0) is 19.2. The fourth-order valence-electron chi connectivity index (χ4n) is 2.87. The summed E-state index contributed by atoms with van der Waals surface area (Å²) in [5.41, 5.74) is 1.90. The summed E-state index contributed by atoms with van der Waals surface area (Å²) >= 11 is 0. The molecule has 2 N–H and O–H groups in total. The van der Waals surface area contributed by atoms with Crippen LogP contribution in [0.5, 0.6) is 5.75 Å². The number of nitrogens with zero attached hydrogens (tertiary/aromatic N) is 1. The molecule has 0 bridgehead atoms. The number of benzene rings is 2. The standard InChI is InChI=1S/C20H21N3O4/c1-27-15-8-6-14(7-9-15)18(24)10-11-19(25)21-12-13-23-17-5-3-2-4-16(17)22-20(23)26/h2-9H,10-13H2,1H3,(H,21,25)(H,22,26). The van der Waals surface area contributed by atoms with Gasteiger partial charge in [0.05, 0.1) is 18.1 Å². The molecule has 0 fully saturated rings. The molecule has 3 aromatic rings. The van der Waals surface area contributed by atoms with Gasteiger partial charge in [-0.15, -0.1) is 0 Å². The molecule has 1 amide bonds. The molecule has 0 radical (unpaired) electrons. The predicted octanol–water partition coefficient (Wildman–Crippen LogP) is 2.12. The van der Waals surface area contributed by atoms with Crippen molar-refractivity contribution in [2.75, 3.05) is 13.7 Å². The molecule has 1 heterocycles. The maximum absolute atomic E-state index is 12.1. The van der Waals surface area contributed by atoms with E-state index in [2.05, 4.69) is 10.3 Å². The lowest BCUT2D eigenvalue weighted by atomic mass is 10.1. The number of ether oxygens (including phenoxy) is 1. The number of methoxy groups -OCH3 is 1. The molecule has 3 rings (SSSR count). The highest BCUT2D eigenvalue weighted by atomic mass is 16.5. The van der Waals surface area contributed by atoms with Crippen LogP contribution in [0.2, 0.25) is 0 Å². The lowest BCUT2D eigenvalue weighted by molar-refractivity contribution is -0.121. The predicted molar refractivity (Wildman–Crippen MR) is 102 cm³/mol. The summed E-state index contributed by atoms with van der Waals surface area (Å²) in [6.45, 7) is 0.679. The Kier molecular flexibility index (Phi) is 5.71. The van der Waals surface area contributed by atoms with Crippen molar-refractivity contribution in [3.63, 3.8) is 0 Å². The van der Waals surface area contributed by atoms with Crippen molar-refractivity contribution in [1.29, 1.82) is 0 Å². The third-order valence-electron chi connectivity index (χ3n) is 4.33. The minimum atomic E-state index is -0.218. The number of imidazole rings is 1. The number of hydrogen-bond acceptors (Lipinski definition) is 4. The van der Waals surface area contributed by atoms with Crippen LogP contribution in [0.3, 0.4) is 0 Å². The first kappa shape index (κ1) is 18.4. The average molecular weight is 367 g/mol. The van der Waals surface area contributed by atoms with Gasteiger partial charge < -0.3 is 15.0 Å². The molecule has 0 aliphatic carbocycles. The van der Waals surface area contributed by atoms with Gasteiger partial charge in [0.2, 0.25) is 5.91 Å². The first-order valence-corrected chi connectivity index (χ1v) is 8.70. The minimum Gasteiger partial charge on any atom is -0.497 e. The molecular weight excluding hydrogens is 346 g/mol. The molecule has 27 heavy (non-hydrogen) atoms. The van der Waals surface area contributed by atoms with Crippen LogP contribution < -0.4 is 15.7 Å². The number of aromatic nitrogens is 2. The smallest absolute Gasteiger partial charge is 0.326 e. The molecule has 0 saturated carbocycles. The van der Waals surface area contributed by atoms with Crippen molar-refractivity contribution in [2.45, 2.75) is 19.4 Å². The van der Waals surface area contributed by atoms with Crippen LogP contribution in [0.1, 0.15) is 23.2 Å². The fraction of sp³-hybridized carbons (Fsp3) is 0.250. The molecule has 0 spiro atoms. The van der Waals surface area contributed by atoms with Gasteiger partial charge in [-0.05, 0) is 36.4 Å². The van der Waals surface area contributed by atoms with Crippen molar-refractivity contribution in [3.8, 4) is 5.75 Å². The second kappa shape index (κ2) is 8.35. The number of fused-ring (bicyclic) bond motifs is 1. The van der Waals surface area contributed by atoms with E-state index in [1.807, 2.05) is 24.3 Å². The van der Waals surface area contributed by atoms with Crippen LogP contribution in [-0.2, 0) is 11.3 Å². The lowest BCUT2D eigenvalue weighted by Gasteiger charge is -2.07. The molecule has 0 aliphatic heterocycles. The second-order valence-electron chi connectivity index (χ2n) is 6.10. The number of ketones is 1. The van der Waals surface area contributed by atoms with Crippen LogP contribution in [0, 0.1) is 0 Å². The summed E-state index contributed by atoms with van der Waals surface area (Å²) in [7, 11) is 1.56. The molecule has 7 nitrogen and oxygen atoms in total. The number of Topliss-reactive ketones (excluding diaryl/α,β-unsaturated/α-hetero) is 1. The summed E-state index contributed by atoms with van der Waals surface area (Å²) in [5.74, 6) is 0.363. The van der Waals surface area contributed by atoms with Crippen LogP contribution >= 0.6 is 0 Å². The minimum absolute atomic E-state index is 0.0966. The van der Waals surface area contributed by atoms with Gasteiger partial charge in [-0.1, -0.05) is 12.1 Å². The van der Waals surface area contributed by atoms with Gasteiger partial charge in [-0.3, -0.25) is 14.2 Å². The largest absolute Gasteiger partial charge is 0.497 e. The van der Waals surface area contributed by atoms with Crippen LogP contribution in [0.4, 0.5) is 0 Å². The monoisotopic (exact) mass is 367 g/mol. The summed E-state index contributed by atoms with van der Waals surface area (Å²) in [6.07, 6.45) is 0.235. The Morgan fingerprint density at radius 1 is 1.07 bits per heavy atom. The molecule has 140 valence electrons. The van der Waals surface area contributed by atoms with E-state index >= 15 is 0 Å². The Hall–Kier alpha value is -3.35. The zero-order valence-electron chi connectivity index (χ0n) is 15.0. The van der Waals surface area contributed by atoms with Crippen molar-refractivity contribution < 1.29 is 14.3 Å². The van der Waals surface area contributed by atoms with Gasteiger partial charge in [0.15, 0.2) is 5.78 Å². The number of carbonyl (C=O) groups is 2. The highest BCUT2D eigenvalue weighted by Crippen LogP contribution is 2.13. The van der Waals surface area contributed by atoms with Gasteiger partial charge in [0.1, 0.15) is 5.75 Å². The van der Waals surface area contributed by atoms with Crippen LogP contribution in [0.15, 0.2) is 53.3 Å². The molecule has 0 atom stereocenters. The van der Waals surface area contributed by atoms with E-state index in [1.54, 1.807) is 35.9 Å². The molecule has 1 aromatic heterocycles. The number of para-hydroxylation sites is 2. The number of aromatic amines is 1. The third-order valence-corrected chi connectivity index (χ3v) is 4.33. The molecule has 7 heteroatoms. The van der Waals surface area contributed by atoms with E-state index in [1.165, 1.54) is 0 Å². The van der Waals surface area contributed by atoms with Crippen molar-refractivity contribution in [1.82, 2.24) is 14.9 Å². The van der Waals surface area contributed by atoms with E-state index in [-0.39, 0.29) is 30.2 Å². The van der Waals surface area contributed by atoms with Gasteiger partial charge in [0.25, 0.3) is 0 Å². The maximum atomic E-state index is 12.1. The first-order chi connectivity index (χ1) is 13.1. The van der Waals surface area contributed by atoms with Crippen molar-refractivity contribution in [3.05, 3.63) is 64.6 Å². The molecule has 0 unspecified atom stereocenters. The Bertz CT molecular complexity index is 1000. The lowest BCUT2D eigenvalue weighted by Crippen LogP contribution is -2.30. The van der Waals surface area contributed by atoms with E-state index in [9.17, 15) is 14.4 Å². The summed E-state index contributed by atoms with van der Waals surface area (Å²) in [5, 5.41) is 2.75. The van der Waals surface area contributed by atoms with Crippen molar-refractivity contribution >= 4 is 22.7 Å². The average Bonchev–Trinajstić information content (AvgIpc) is 3.01. The Balaban J connectivity index is 1.47. The number of carbonyl (C=O) groups excluding carboxylic acids is 2. The molecule has 0 saturated heterocycles. The summed E-state index contributed by atoms with van der Waals surface area (Å²) < 4.78 is 6.64. The number of hydrogen-bond donors (Lipinski definition) is 2. The number of H-pyrrole nitrogens is 1. The normalized spacial score (nSPS) is 10.7. The summed E-state index contributed by atoms with van der Waals surface area (Å²) in [6, 6.07) is 14.2. The van der Waals surface area contributed by atoms with Crippen LogP contribution in [-0.4, -0.2) is 34.9 Å². The van der Waals surface area contributed by atoms with E-state index in [4.69, 9.17) is 4.74 Å². The number of rotatable bonds is 8. The van der Waals surface area contributed by atoms with Gasteiger partial charge in [-0.2, -0.15) is 0 Å². The van der Waals surface area contributed by atoms with E-state index in [0.29, 0.717) is 24.4 Å². The van der Waals surface area contributed by atoms with Gasteiger partial charge in [0, 0.05) is 31.5 Å². The topological polar surface area (TPSA) is 93.2 Å². The third kappa shape index (κ3) is 4.44. The highest BCUT2D eigenvalue weighted by Gasteiger charge is 2.10. The SMILES string of the molecule is COc1ccc(C(=O)CCC(=O)NCCn2c(=O)[nH]c3ccccc32)cc1. The van der Waals surface area contributed by atoms with Gasteiger partial charge >= 0.3 is 5.69 Å². The molecular formula is C20H21N3O4. The van der Waals surface area contributed by atoms with E-state index < -0.39 is 0 Å². The molecule has 0 aliphatic rings. The van der Waals surface area contributed by atoms with E-state index in [0.717, 1.165) is 11.0 Å². The van der Waals surface area contributed by atoms with Crippen LogP contribution in [0.25, 0.3) is 11.0 Å². The Labute approximate surface area is 156 Å². The summed E-state index contributed by atoms with van der Waals surface area (Å²) in [4.78, 5) is 38.9. The fourth-order valence-corrected chi connectivity index (χ4v) is 2.87. The Morgan fingerprint density at radius 3 is 2.56 bits per heavy atom.